The number of pyridine rings is 1. The van der Waals surface area contributed by atoms with Crippen LogP contribution in [0.1, 0.15) is 5.56 Å². The average Bonchev–Trinajstić information content (AvgIpc) is 2.40. The van der Waals surface area contributed by atoms with Gasteiger partial charge in [0.25, 0.3) is 0 Å². The summed E-state index contributed by atoms with van der Waals surface area (Å²) in [5, 5.41) is 1.30. The zero-order valence-corrected chi connectivity index (χ0v) is 10.6. The van der Waals surface area contributed by atoms with E-state index in [9.17, 15) is 0 Å². The highest BCUT2D eigenvalue weighted by molar-refractivity contribution is 7.99. The van der Waals surface area contributed by atoms with Crippen molar-refractivity contribution in [3.8, 4) is 0 Å². The summed E-state index contributed by atoms with van der Waals surface area (Å²) >= 11 is 2.06. The number of hydrogen-bond acceptors (Lipinski definition) is 3. The van der Waals surface area contributed by atoms with Gasteiger partial charge in [0.1, 0.15) is 0 Å². The molecule has 1 aromatic carbocycles. The van der Waals surface area contributed by atoms with Crippen LogP contribution in [0, 0.1) is 0 Å². The van der Waals surface area contributed by atoms with Crippen LogP contribution >= 0.6 is 11.8 Å². The molecule has 2 nitrogen and oxygen atoms in total. The Morgan fingerprint density at radius 3 is 2.82 bits per heavy atom. The Morgan fingerprint density at radius 1 is 1.12 bits per heavy atom. The molecule has 1 saturated heterocycles. The molecule has 2 aromatic rings. The molecule has 0 spiro atoms. The van der Waals surface area contributed by atoms with Crippen molar-refractivity contribution in [3.63, 3.8) is 0 Å². The SMILES string of the molecule is c1ccc2c(CN3CCSCC3)ccnc2c1. The zero-order chi connectivity index (χ0) is 11.5. The van der Waals surface area contributed by atoms with Crippen LogP contribution in [0.4, 0.5) is 0 Å². The van der Waals surface area contributed by atoms with Gasteiger partial charge >= 0.3 is 0 Å². The molecule has 0 radical (unpaired) electrons. The van der Waals surface area contributed by atoms with E-state index in [1.165, 1.54) is 35.5 Å². The van der Waals surface area contributed by atoms with Gasteiger partial charge in [-0.25, -0.2) is 0 Å². The Kier molecular flexibility index (Phi) is 3.29. The molecular formula is C14H16N2S. The van der Waals surface area contributed by atoms with Crippen LogP contribution in [0.15, 0.2) is 36.5 Å². The maximum atomic E-state index is 4.41. The molecule has 88 valence electrons. The Labute approximate surface area is 106 Å². The molecule has 0 saturated carbocycles. The van der Waals surface area contributed by atoms with Crippen molar-refractivity contribution in [2.24, 2.45) is 0 Å². The second-order valence-corrected chi connectivity index (χ2v) is 5.60. The van der Waals surface area contributed by atoms with E-state index in [-0.39, 0.29) is 0 Å². The second kappa shape index (κ2) is 5.07. The predicted octanol–water partition coefficient (Wildman–Crippen LogP) is 2.78. The van der Waals surface area contributed by atoms with Crippen LogP contribution in [0.5, 0.6) is 0 Å². The van der Waals surface area contributed by atoms with Crippen molar-refractivity contribution in [2.75, 3.05) is 24.6 Å². The van der Waals surface area contributed by atoms with E-state index in [0.29, 0.717) is 0 Å². The van der Waals surface area contributed by atoms with Crippen molar-refractivity contribution >= 4 is 22.7 Å². The van der Waals surface area contributed by atoms with Crippen LogP contribution in [-0.4, -0.2) is 34.5 Å². The fourth-order valence-corrected chi connectivity index (χ4v) is 3.27. The summed E-state index contributed by atoms with van der Waals surface area (Å²) in [5.41, 5.74) is 2.51. The van der Waals surface area contributed by atoms with Crippen molar-refractivity contribution in [1.82, 2.24) is 9.88 Å². The Balaban J connectivity index is 1.89. The Morgan fingerprint density at radius 2 is 1.94 bits per heavy atom. The van der Waals surface area contributed by atoms with Gasteiger partial charge in [0.2, 0.25) is 0 Å². The van der Waals surface area contributed by atoms with E-state index in [2.05, 4.69) is 52.0 Å². The van der Waals surface area contributed by atoms with E-state index in [1.54, 1.807) is 0 Å². The highest BCUT2D eigenvalue weighted by Crippen LogP contribution is 2.19. The molecule has 0 amide bonds. The number of rotatable bonds is 2. The molecule has 0 bridgehead atoms. The van der Waals surface area contributed by atoms with E-state index < -0.39 is 0 Å². The van der Waals surface area contributed by atoms with Gasteiger partial charge in [-0.05, 0) is 17.7 Å². The zero-order valence-electron chi connectivity index (χ0n) is 9.80. The Hall–Kier alpha value is -1.06. The third-order valence-corrected chi connectivity index (χ3v) is 4.18. The molecule has 0 unspecified atom stereocenters. The van der Waals surface area contributed by atoms with Gasteiger partial charge < -0.3 is 0 Å². The molecule has 1 aliphatic rings. The molecular weight excluding hydrogens is 228 g/mol. The lowest BCUT2D eigenvalue weighted by Crippen LogP contribution is -2.32. The Bertz CT molecular complexity index is 501. The van der Waals surface area contributed by atoms with Crippen molar-refractivity contribution in [3.05, 3.63) is 42.1 Å². The van der Waals surface area contributed by atoms with E-state index >= 15 is 0 Å². The summed E-state index contributed by atoms with van der Waals surface area (Å²) in [6, 6.07) is 10.6. The molecule has 0 aliphatic carbocycles. The maximum absolute atomic E-state index is 4.41. The smallest absolute Gasteiger partial charge is 0.0705 e. The highest BCUT2D eigenvalue weighted by Gasteiger charge is 2.11. The van der Waals surface area contributed by atoms with E-state index in [1.807, 2.05) is 6.20 Å². The number of fused-ring (bicyclic) bond motifs is 1. The van der Waals surface area contributed by atoms with Gasteiger partial charge in [-0.1, -0.05) is 18.2 Å². The standard InChI is InChI=1S/C14H16N2S/c1-2-4-14-13(3-1)12(5-6-15-14)11-16-7-9-17-10-8-16/h1-6H,7-11H2. The molecule has 1 fully saturated rings. The summed E-state index contributed by atoms with van der Waals surface area (Å²) in [4.78, 5) is 6.95. The lowest BCUT2D eigenvalue weighted by molar-refractivity contribution is 0.295. The molecule has 2 heterocycles. The van der Waals surface area contributed by atoms with E-state index in [4.69, 9.17) is 0 Å². The van der Waals surface area contributed by atoms with Crippen LogP contribution in [0.25, 0.3) is 10.9 Å². The largest absolute Gasteiger partial charge is 0.297 e. The van der Waals surface area contributed by atoms with Crippen LogP contribution < -0.4 is 0 Å². The van der Waals surface area contributed by atoms with Crippen LogP contribution in [0.3, 0.4) is 0 Å². The summed E-state index contributed by atoms with van der Waals surface area (Å²) < 4.78 is 0. The first kappa shape index (κ1) is 11.1. The quantitative estimate of drug-likeness (QED) is 0.808. The van der Waals surface area contributed by atoms with Crippen LogP contribution in [0.2, 0.25) is 0 Å². The number of hydrogen-bond donors (Lipinski definition) is 0. The molecule has 0 N–H and O–H groups in total. The lowest BCUT2D eigenvalue weighted by Gasteiger charge is -2.26. The first-order chi connectivity index (χ1) is 8.43. The third kappa shape index (κ3) is 2.45. The minimum absolute atomic E-state index is 1.06. The summed E-state index contributed by atoms with van der Waals surface area (Å²) in [6.45, 7) is 3.48. The maximum Gasteiger partial charge on any atom is 0.0705 e. The molecule has 1 aliphatic heterocycles. The summed E-state index contributed by atoms with van der Waals surface area (Å²) in [7, 11) is 0. The topological polar surface area (TPSA) is 16.1 Å². The van der Waals surface area contributed by atoms with Gasteiger partial charge in [0.05, 0.1) is 5.52 Å². The van der Waals surface area contributed by atoms with E-state index in [0.717, 1.165) is 12.1 Å². The van der Waals surface area contributed by atoms with Crippen LogP contribution in [-0.2, 0) is 6.54 Å². The fraction of sp³-hybridized carbons (Fsp3) is 0.357. The number of benzene rings is 1. The molecule has 3 heteroatoms. The van der Waals surface area contributed by atoms with Gasteiger partial charge in [-0.2, -0.15) is 11.8 Å². The molecule has 3 rings (SSSR count). The average molecular weight is 244 g/mol. The highest BCUT2D eigenvalue weighted by atomic mass is 32.2. The minimum Gasteiger partial charge on any atom is -0.297 e. The van der Waals surface area contributed by atoms with Crippen molar-refractivity contribution in [1.29, 1.82) is 0 Å². The van der Waals surface area contributed by atoms with Crippen molar-refractivity contribution in [2.45, 2.75) is 6.54 Å². The van der Waals surface area contributed by atoms with Gasteiger partial charge in [-0.15, -0.1) is 0 Å². The molecule has 1 aromatic heterocycles. The summed E-state index contributed by atoms with van der Waals surface area (Å²) in [6.07, 6.45) is 1.93. The number of nitrogens with zero attached hydrogens (tertiary/aromatic N) is 2. The predicted molar refractivity (Wildman–Crippen MR) is 74.3 cm³/mol. The van der Waals surface area contributed by atoms with Crippen molar-refractivity contribution < 1.29 is 0 Å². The summed E-state index contributed by atoms with van der Waals surface area (Å²) in [5.74, 6) is 2.53. The molecule has 17 heavy (non-hydrogen) atoms. The number of para-hydroxylation sites is 1. The van der Waals surface area contributed by atoms with Gasteiger partial charge in [-0.3, -0.25) is 9.88 Å². The number of thioether (sulfide) groups is 1. The normalized spacial score (nSPS) is 17.4. The first-order valence-electron chi connectivity index (χ1n) is 6.06. The minimum atomic E-state index is 1.06. The fourth-order valence-electron chi connectivity index (χ4n) is 2.29. The second-order valence-electron chi connectivity index (χ2n) is 4.38. The first-order valence-corrected chi connectivity index (χ1v) is 7.22. The van der Waals surface area contributed by atoms with Gasteiger partial charge in [0, 0.05) is 42.7 Å². The third-order valence-electron chi connectivity index (χ3n) is 3.24. The molecule has 0 atom stereocenters. The number of aromatic nitrogens is 1. The monoisotopic (exact) mass is 244 g/mol. The van der Waals surface area contributed by atoms with Gasteiger partial charge in [0.15, 0.2) is 0 Å². The lowest BCUT2D eigenvalue weighted by atomic mass is 10.1.